The molecule has 0 aromatic heterocycles. The van der Waals surface area contributed by atoms with Crippen LogP contribution < -0.4 is 10.6 Å². The molecule has 0 spiro atoms. The van der Waals surface area contributed by atoms with Crippen LogP contribution in [-0.4, -0.2) is 52.7 Å². The summed E-state index contributed by atoms with van der Waals surface area (Å²) < 4.78 is 5.55. The SMILES string of the molecule is C=C(Cc1ccc(NC(=O)NCc2ccc(Cl)cc2)cc1)N1C(C)CN(C(=O)OC(C)(C)C)CC1C. The van der Waals surface area contributed by atoms with Crippen LogP contribution in [0.4, 0.5) is 15.3 Å². The second kappa shape index (κ2) is 11.7. The summed E-state index contributed by atoms with van der Waals surface area (Å²) in [4.78, 5) is 28.8. The van der Waals surface area contributed by atoms with E-state index in [1.54, 1.807) is 17.0 Å². The van der Waals surface area contributed by atoms with Gasteiger partial charge >= 0.3 is 12.1 Å². The number of nitrogens with zero attached hydrogens (tertiary/aromatic N) is 2. The average Bonchev–Trinajstić information content (AvgIpc) is 2.78. The summed E-state index contributed by atoms with van der Waals surface area (Å²) in [6.45, 7) is 15.8. The third kappa shape index (κ3) is 7.92. The van der Waals surface area contributed by atoms with Crippen LogP contribution in [0.25, 0.3) is 0 Å². The highest BCUT2D eigenvalue weighted by atomic mass is 35.5. The number of allylic oxidation sites excluding steroid dienone is 1. The zero-order valence-electron chi connectivity index (χ0n) is 21.8. The third-order valence-corrected chi connectivity index (χ3v) is 6.17. The summed E-state index contributed by atoms with van der Waals surface area (Å²) in [5, 5.41) is 6.36. The number of rotatable bonds is 6. The summed E-state index contributed by atoms with van der Waals surface area (Å²) in [6, 6.07) is 15.1. The summed E-state index contributed by atoms with van der Waals surface area (Å²) in [5.41, 5.74) is 3.27. The lowest BCUT2D eigenvalue weighted by molar-refractivity contribution is -0.000194. The summed E-state index contributed by atoms with van der Waals surface area (Å²) in [5.74, 6) is 0. The van der Waals surface area contributed by atoms with Crippen LogP contribution in [0.2, 0.25) is 5.02 Å². The van der Waals surface area contributed by atoms with Crippen LogP contribution >= 0.6 is 11.6 Å². The van der Waals surface area contributed by atoms with E-state index in [2.05, 4.69) is 36.0 Å². The number of hydrogen-bond acceptors (Lipinski definition) is 4. The number of benzene rings is 2. The van der Waals surface area contributed by atoms with E-state index in [4.69, 9.17) is 16.3 Å². The number of hydrogen-bond donors (Lipinski definition) is 2. The molecule has 2 atom stereocenters. The lowest BCUT2D eigenvalue weighted by atomic mass is 10.0. The van der Waals surface area contributed by atoms with Crippen molar-refractivity contribution in [3.63, 3.8) is 0 Å². The Morgan fingerprint density at radius 3 is 2.11 bits per heavy atom. The monoisotopic (exact) mass is 512 g/mol. The van der Waals surface area contributed by atoms with Crippen molar-refractivity contribution in [3.05, 3.63) is 77.0 Å². The summed E-state index contributed by atoms with van der Waals surface area (Å²) in [7, 11) is 0. The number of halogens is 1. The largest absolute Gasteiger partial charge is 0.444 e. The van der Waals surface area contributed by atoms with E-state index in [1.165, 1.54) is 0 Å². The molecule has 2 N–H and O–H groups in total. The fourth-order valence-corrected chi connectivity index (χ4v) is 4.54. The Bertz CT molecular complexity index is 1050. The minimum Gasteiger partial charge on any atom is -0.444 e. The Morgan fingerprint density at radius 1 is 1.00 bits per heavy atom. The number of amides is 3. The molecule has 1 aliphatic heterocycles. The molecule has 2 aromatic rings. The molecular formula is C28H37ClN4O3. The van der Waals surface area contributed by atoms with Gasteiger partial charge in [0.25, 0.3) is 0 Å². The first-order valence-corrected chi connectivity index (χ1v) is 12.6. The van der Waals surface area contributed by atoms with Crippen molar-refractivity contribution >= 4 is 29.4 Å². The maximum atomic E-state index is 12.5. The summed E-state index contributed by atoms with van der Waals surface area (Å²) >= 11 is 5.89. The topological polar surface area (TPSA) is 73.9 Å². The number of anilines is 1. The van der Waals surface area contributed by atoms with Crippen molar-refractivity contribution in [1.29, 1.82) is 0 Å². The van der Waals surface area contributed by atoms with Crippen LogP contribution in [0.3, 0.4) is 0 Å². The van der Waals surface area contributed by atoms with Crippen molar-refractivity contribution < 1.29 is 14.3 Å². The molecule has 0 radical (unpaired) electrons. The van der Waals surface area contributed by atoms with Crippen LogP contribution in [-0.2, 0) is 17.7 Å². The van der Waals surface area contributed by atoms with Crippen LogP contribution in [0.5, 0.6) is 0 Å². The fraction of sp³-hybridized carbons (Fsp3) is 0.429. The maximum Gasteiger partial charge on any atom is 0.410 e. The van der Waals surface area contributed by atoms with Crippen molar-refractivity contribution in [2.75, 3.05) is 18.4 Å². The van der Waals surface area contributed by atoms with Crippen LogP contribution in [0.15, 0.2) is 60.8 Å². The van der Waals surface area contributed by atoms with Gasteiger partial charge in [-0.2, -0.15) is 0 Å². The Morgan fingerprint density at radius 2 is 1.56 bits per heavy atom. The lowest BCUT2D eigenvalue weighted by Gasteiger charge is -2.46. The first-order valence-electron chi connectivity index (χ1n) is 12.2. The molecule has 0 aliphatic carbocycles. The van der Waals surface area contributed by atoms with E-state index in [-0.39, 0.29) is 24.2 Å². The molecule has 3 rings (SSSR count). The number of carbonyl (C=O) groups excluding carboxylic acids is 2. The van der Waals surface area contributed by atoms with Crippen LogP contribution in [0.1, 0.15) is 45.7 Å². The summed E-state index contributed by atoms with van der Waals surface area (Å²) in [6.07, 6.45) is 0.413. The number of urea groups is 1. The molecule has 36 heavy (non-hydrogen) atoms. The number of ether oxygens (including phenoxy) is 1. The Labute approximate surface area is 219 Å². The molecule has 7 nitrogen and oxygen atoms in total. The zero-order chi connectivity index (χ0) is 26.5. The van der Waals surface area contributed by atoms with Gasteiger partial charge in [-0.05, 0) is 70.0 Å². The molecular weight excluding hydrogens is 476 g/mol. The molecule has 0 saturated carbocycles. The van der Waals surface area contributed by atoms with Gasteiger partial charge in [-0.3, -0.25) is 0 Å². The molecule has 2 unspecified atom stereocenters. The fourth-order valence-electron chi connectivity index (χ4n) is 4.41. The van der Waals surface area contributed by atoms with E-state index in [0.717, 1.165) is 16.8 Å². The highest BCUT2D eigenvalue weighted by Gasteiger charge is 2.34. The van der Waals surface area contributed by atoms with E-state index < -0.39 is 5.60 Å². The van der Waals surface area contributed by atoms with Gasteiger partial charge in [0.15, 0.2) is 0 Å². The first kappa shape index (κ1) is 27.4. The molecule has 3 amide bonds. The van der Waals surface area contributed by atoms with Gasteiger partial charge in [-0.25, -0.2) is 9.59 Å². The molecule has 1 aliphatic rings. The van der Waals surface area contributed by atoms with Crippen molar-refractivity contribution in [2.45, 2.75) is 65.3 Å². The molecule has 2 aromatic carbocycles. The average molecular weight is 513 g/mol. The van der Waals surface area contributed by atoms with Crippen molar-refractivity contribution in [2.24, 2.45) is 0 Å². The van der Waals surface area contributed by atoms with Gasteiger partial charge in [-0.1, -0.05) is 42.4 Å². The van der Waals surface area contributed by atoms with Gasteiger partial charge in [0, 0.05) is 54.5 Å². The molecule has 1 heterocycles. The van der Waals surface area contributed by atoms with Crippen LogP contribution in [0, 0.1) is 0 Å². The Balaban J connectivity index is 1.50. The minimum atomic E-state index is -0.511. The minimum absolute atomic E-state index is 0.124. The smallest absolute Gasteiger partial charge is 0.410 e. The zero-order valence-corrected chi connectivity index (χ0v) is 22.6. The standard InChI is InChI=1S/C28H37ClN4O3/c1-19(33-20(2)17-32(18-21(33)3)27(35)36-28(4,5)6)15-22-9-13-25(14-10-22)31-26(34)30-16-23-7-11-24(29)12-8-23/h7-14,20-21H,1,15-18H2,2-6H3,(H2,30,31,34). The highest BCUT2D eigenvalue weighted by molar-refractivity contribution is 6.30. The van der Waals surface area contributed by atoms with E-state index >= 15 is 0 Å². The quantitative estimate of drug-likeness (QED) is 0.494. The molecule has 0 bridgehead atoms. The van der Waals surface area contributed by atoms with E-state index in [1.807, 2.05) is 57.2 Å². The number of piperazine rings is 1. The van der Waals surface area contributed by atoms with Gasteiger partial charge < -0.3 is 25.2 Å². The van der Waals surface area contributed by atoms with Gasteiger partial charge in [-0.15, -0.1) is 0 Å². The first-order chi connectivity index (χ1) is 16.9. The second-order valence-corrected chi connectivity index (χ2v) is 10.8. The molecule has 8 heteroatoms. The van der Waals surface area contributed by atoms with Gasteiger partial charge in [0.2, 0.25) is 0 Å². The number of carbonyl (C=O) groups is 2. The molecule has 1 saturated heterocycles. The van der Waals surface area contributed by atoms with Crippen molar-refractivity contribution in [1.82, 2.24) is 15.1 Å². The maximum absolute atomic E-state index is 12.5. The Kier molecular flexibility index (Phi) is 8.90. The van der Waals surface area contributed by atoms with Gasteiger partial charge in [0.1, 0.15) is 5.60 Å². The second-order valence-electron chi connectivity index (χ2n) is 10.4. The van der Waals surface area contributed by atoms with E-state index in [0.29, 0.717) is 36.8 Å². The van der Waals surface area contributed by atoms with E-state index in [9.17, 15) is 9.59 Å². The van der Waals surface area contributed by atoms with Crippen molar-refractivity contribution in [3.8, 4) is 0 Å². The predicted molar refractivity (Wildman–Crippen MR) is 145 cm³/mol. The highest BCUT2D eigenvalue weighted by Crippen LogP contribution is 2.24. The molecule has 194 valence electrons. The predicted octanol–water partition coefficient (Wildman–Crippen LogP) is 6.05. The third-order valence-electron chi connectivity index (χ3n) is 5.92. The Hall–Kier alpha value is -3.19. The normalized spacial score (nSPS) is 17.9. The number of nitrogens with one attached hydrogen (secondary N) is 2. The van der Waals surface area contributed by atoms with Gasteiger partial charge in [0.05, 0.1) is 0 Å². The molecule has 1 fully saturated rings. The lowest BCUT2D eigenvalue weighted by Crippen LogP contribution is -2.58.